The first kappa shape index (κ1) is 23.7. The number of carboxylic acids is 1. The number of carboxylic acid groups (broad SMARTS) is 1. The standard InChI is InChI=1S/C27H30N2O5S/c1-35-14-12-23(24(30)29-13-6-7-17-15-27(17,29)25(31)32)28-26(33)34-16-22-20-10-4-2-8-18(20)19-9-3-5-11-21(19)22/h2-5,8-11,17,22-23H,6-7,12-16H2,1H3,(H,28,33)(H,31,32)/t17-,23?,27+/m1/s1. The molecule has 3 atom stereocenters. The van der Waals surface area contributed by atoms with Crippen LogP contribution in [0.2, 0.25) is 0 Å². The van der Waals surface area contributed by atoms with Gasteiger partial charge in [0, 0.05) is 12.5 Å². The third-order valence-corrected chi connectivity index (χ3v) is 8.31. The van der Waals surface area contributed by atoms with Crippen molar-refractivity contribution in [3.63, 3.8) is 0 Å². The molecule has 184 valence electrons. The van der Waals surface area contributed by atoms with Crippen LogP contribution in [0.4, 0.5) is 4.79 Å². The first-order valence-electron chi connectivity index (χ1n) is 12.1. The summed E-state index contributed by atoms with van der Waals surface area (Å²) in [5.41, 5.74) is 3.43. The van der Waals surface area contributed by atoms with Crippen LogP contribution >= 0.6 is 11.8 Å². The fourth-order valence-electron chi connectivity index (χ4n) is 5.83. The van der Waals surface area contributed by atoms with Crippen LogP contribution in [0.5, 0.6) is 0 Å². The van der Waals surface area contributed by atoms with Gasteiger partial charge in [0.05, 0.1) is 0 Å². The second kappa shape index (κ2) is 9.57. The van der Waals surface area contributed by atoms with E-state index in [-0.39, 0.29) is 24.3 Å². The van der Waals surface area contributed by atoms with E-state index in [1.807, 2.05) is 30.5 Å². The lowest BCUT2D eigenvalue weighted by molar-refractivity contribution is -0.155. The number of nitrogens with zero attached hydrogens (tertiary/aromatic N) is 1. The van der Waals surface area contributed by atoms with E-state index in [9.17, 15) is 19.5 Å². The Kier molecular flexibility index (Phi) is 6.49. The van der Waals surface area contributed by atoms with Gasteiger partial charge in [-0.25, -0.2) is 9.59 Å². The molecule has 0 aromatic heterocycles. The number of rotatable bonds is 8. The normalized spacial score (nSPS) is 23.0. The van der Waals surface area contributed by atoms with E-state index < -0.39 is 23.6 Å². The zero-order valence-electron chi connectivity index (χ0n) is 19.7. The summed E-state index contributed by atoms with van der Waals surface area (Å²) in [7, 11) is 0. The second-order valence-corrected chi connectivity index (χ2v) is 10.6. The van der Waals surface area contributed by atoms with Crippen molar-refractivity contribution in [3.05, 3.63) is 59.7 Å². The molecule has 1 aliphatic heterocycles. The number of thioether (sulfide) groups is 1. The van der Waals surface area contributed by atoms with Crippen molar-refractivity contribution < 1.29 is 24.2 Å². The molecule has 2 N–H and O–H groups in total. The first-order chi connectivity index (χ1) is 17.0. The summed E-state index contributed by atoms with van der Waals surface area (Å²) in [4.78, 5) is 39.9. The Balaban J connectivity index is 1.28. The molecule has 35 heavy (non-hydrogen) atoms. The molecule has 1 saturated heterocycles. The van der Waals surface area contributed by atoms with Crippen molar-refractivity contribution in [2.45, 2.75) is 43.2 Å². The van der Waals surface area contributed by atoms with E-state index in [1.165, 1.54) is 4.90 Å². The highest BCUT2D eigenvalue weighted by atomic mass is 32.2. The molecule has 3 aliphatic rings. The molecule has 1 unspecified atom stereocenters. The van der Waals surface area contributed by atoms with Gasteiger partial charge in [0.15, 0.2) is 0 Å². The number of ether oxygens (including phenoxy) is 1. The maximum Gasteiger partial charge on any atom is 0.407 e. The third-order valence-electron chi connectivity index (χ3n) is 7.67. The number of hydrogen-bond acceptors (Lipinski definition) is 5. The van der Waals surface area contributed by atoms with Crippen molar-refractivity contribution in [2.24, 2.45) is 5.92 Å². The molecule has 0 spiro atoms. The SMILES string of the molecule is CSCCC(NC(=O)OCC1c2ccccc2-c2ccccc21)C(=O)N1CCC[C@@H]2C[C@@]21C(=O)O. The number of carbonyl (C=O) groups is 3. The molecular formula is C27H30N2O5S. The molecule has 0 bridgehead atoms. The van der Waals surface area contributed by atoms with Gasteiger partial charge in [-0.3, -0.25) is 4.79 Å². The van der Waals surface area contributed by atoms with Gasteiger partial charge in [-0.1, -0.05) is 48.5 Å². The minimum atomic E-state index is -1.10. The van der Waals surface area contributed by atoms with Crippen molar-refractivity contribution in [1.82, 2.24) is 10.2 Å². The summed E-state index contributed by atoms with van der Waals surface area (Å²) in [6.07, 6.45) is 3.80. The molecule has 2 amide bonds. The Morgan fingerprint density at radius 3 is 2.43 bits per heavy atom. The summed E-state index contributed by atoms with van der Waals surface area (Å²) in [5, 5.41) is 12.6. The average Bonchev–Trinajstić information content (AvgIpc) is 3.56. The molecule has 2 aliphatic carbocycles. The van der Waals surface area contributed by atoms with Crippen LogP contribution in [-0.4, -0.2) is 64.7 Å². The number of piperidine rings is 1. The van der Waals surface area contributed by atoms with Gasteiger partial charge in [0.25, 0.3) is 0 Å². The molecule has 1 heterocycles. The van der Waals surface area contributed by atoms with Crippen molar-refractivity contribution in [3.8, 4) is 11.1 Å². The summed E-state index contributed by atoms with van der Waals surface area (Å²) >= 11 is 1.58. The van der Waals surface area contributed by atoms with Gasteiger partial charge >= 0.3 is 12.1 Å². The second-order valence-electron chi connectivity index (χ2n) is 9.57. The number of alkyl carbamates (subject to hydrolysis) is 1. The average molecular weight is 495 g/mol. The summed E-state index contributed by atoms with van der Waals surface area (Å²) < 4.78 is 5.65. The lowest BCUT2D eigenvalue weighted by Gasteiger charge is -2.36. The van der Waals surface area contributed by atoms with E-state index in [0.717, 1.165) is 35.1 Å². The Bertz CT molecular complexity index is 1110. The Labute approximate surface area is 209 Å². The van der Waals surface area contributed by atoms with E-state index in [1.54, 1.807) is 11.8 Å². The lowest BCUT2D eigenvalue weighted by atomic mass is 9.98. The highest BCUT2D eigenvalue weighted by Crippen LogP contribution is 2.54. The Morgan fingerprint density at radius 2 is 1.80 bits per heavy atom. The van der Waals surface area contributed by atoms with Crippen LogP contribution < -0.4 is 5.32 Å². The number of hydrogen-bond donors (Lipinski definition) is 2. The monoisotopic (exact) mass is 494 g/mol. The number of likely N-dealkylation sites (tertiary alicyclic amines) is 1. The first-order valence-corrected chi connectivity index (χ1v) is 13.5. The van der Waals surface area contributed by atoms with E-state index in [4.69, 9.17) is 4.74 Å². The van der Waals surface area contributed by atoms with E-state index >= 15 is 0 Å². The fourth-order valence-corrected chi connectivity index (χ4v) is 6.30. The fraction of sp³-hybridized carbons (Fsp3) is 0.444. The van der Waals surface area contributed by atoms with Crippen LogP contribution in [0.15, 0.2) is 48.5 Å². The van der Waals surface area contributed by atoms with Crippen LogP contribution in [-0.2, 0) is 14.3 Å². The predicted octanol–water partition coefficient (Wildman–Crippen LogP) is 4.11. The predicted molar refractivity (Wildman–Crippen MR) is 134 cm³/mol. The number of fused-ring (bicyclic) bond motifs is 4. The Hall–Kier alpha value is -3.00. The van der Waals surface area contributed by atoms with E-state index in [0.29, 0.717) is 25.1 Å². The summed E-state index contributed by atoms with van der Waals surface area (Å²) in [5.74, 6) is -0.666. The zero-order valence-corrected chi connectivity index (χ0v) is 20.6. The molecule has 5 rings (SSSR count). The Morgan fingerprint density at radius 1 is 1.14 bits per heavy atom. The molecule has 2 aromatic carbocycles. The number of amides is 2. The topological polar surface area (TPSA) is 95.9 Å². The van der Waals surface area contributed by atoms with Gasteiger partial charge in [-0.05, 0) is 65.9 Å². The van der Waals surface area contributed by atoms with E-state index in [2.05, 4.69) is 29.6 Å². The van der Waals surface area contributed by atoms with Gasteiger partial charge < -0.3 is 20.1 Å². The van der Waals surface area contributed by atoms with Gasteiger partial charge in [-0.15, -0.1) is 0 Å². The van der Waals surface area contributed by atoms with Crippen molar-refractivity contribution in [1.29, 1.82) is 0 Å². The van der Waals surface area contributed by atoms with Crippen LogP contribution in [0, 0.1) is 5.92 Å². The maximum absolute atomic E-state index is 13.5. The van der Waals surface area contributed by atoms with Crippen LogP contribution in [0.1, 0.15) is 42.7 Å². The van der Waals surface area contributed by atoms with Gasteiger partial charge in [0.2, 0.25) is 5.91 Å². The number of benzene rings is 2. The molecule has 8 heteroatoms. The third kappa shape index (κ3) is 4.18. The maximum atomic E-state index is 13.5. The molecule has 2 aromatic rings. The smallest absolute Gasteiger partial charge is 0.407 e. The molecule has 7 nitrogen and oxygen atoms in total. The molecular weight excluding hydrogens is 464 g/mol. The number of carbonyl (C=O) groups excluding carboxylic acids is 2. The molecule has 2 fully saturated rings. The molecule has 0 radical (unpaired) electrons. The zero-order chi connectivity index (χ0) is 24.6. The molecule has 1 saturated carbocycles. The van der Waals surface area contributed by atoms with Crippen molar-refractivity contribution >= 4 is 29.7 Å². The van der Waals surface area contributed by atoms with Crippen LogP contribution in [0.25, 0.3) is 11.1 Å². The minimum absolute atomic E-state index is 0.00774. The van der Waals surface area contributed by atoms with Crippen LogP contribution in [0.3, 0.4) is 0 Å². The number of aliphatic carboxylic acids is 1. The minimum Gasteiger partial charge on any atom is -0.479 e. The van der Waals surface area contributed by atoms with Gasteiger partial charge in [0.1, 0.15) is 18.2 Å². The van der Waals surface area contributed by atoms with Crippen molar-refractivity contribution in [2.75, 3.05) is 25.2 Å². The highest BCUT2D eigenvalue weighted by Gasteiger charge is 2.67. The number of nitrogens with one attached hydrogen (secondary N) is 1. The summed E-state index contributed by atoms with van der Waals surface area (Å²) in [6, 6.07) is 15.4. The largest absolute Gasteiger partial charge is 0.479 e. The lowest BCUT2D eigenvalue weighted by Crippen LogP contribution is -2.57. The summed E-state index contributed by atoms with van der Waals surface area (Å²) in [6.45, 7) is 0.567. The quantitative estimate of drug-likeness (QED) is 0.573. The highest BCUT2D eigenvalue weighted by molar-refractivity contribution is 7.98. The van der Waals surface area contributed by atoms with Gasteiger partial charge in [-0.2, -0.15) is 11.8 Å².